The van der Waals surface area contributed by atoms with Crippen LogP contribution in [0, 0.1) is 11.6 Å². The Morgan fingerprint density at radius 1 is 1.00 bits per heavy atom. The van der Waals surface area contributed by atoms with Crippen molar-refractivity contribution < 1.29 is 18.7 Å². The quantitative estimate of drug-likeness (QED) is 0.833. The average molecular weight is 360 g/mol. The molecule has 1 aliphatic heterocycles. The molecule has 1 aliphatic rings. The third-order valence-corrected chi connectivity index (χ3v) is 4.65. The normalized spacial score (nSPS) is 20.4. The molecule has 138 valence electrons. The number of nitrogens with one attached hydrogen (secondary N) is 1. The van der Waals surface area contributed by atoms with Gasteiger partial charge in [-0.2, -0.15) is 0 Å². The monoisotopic (exact) mass is 360 g/mol. The topological polar surface area (TPSA) is 52.6 Å². The van der Waals surface area contributed by atoms with Crippen molar-refractivity contribution in [2.45, 2.75) is 31.5 Å². The molecule has 0 unspecified atom stereocenters. The van der Waals surface area contributed by atoms with Crippen molar-refractivity contribution >= 4 is 5.91 Å². The number of hydrogen-bond acceptors (Lipinski definition) is 3. The van der Waals surface area contributed by atoms with E-state index >= 15 is 0 Å². The van der Waals surface area contributed by atoms with Crippen LogP contribution in [0.1, 0.15) is 24.0 Å². The Labute approximate surface area is 151 Å². The summed E-state index contributed by atoms with van der Waals surface area (Å²) in [7, 11) is 0. The Morgan fingerprint density at radius 2 is 1.58 bits per heavy atom. The summed E-state index contributed by atoms with van der Waals surface area (Å²) >= 11 is 0. The van der Waals surface area contributed by atoms with E-state index in [9.17, 15) is 18.7 Å². The molecule has 1 amide bonds. The van der Waals surface area contributed by atoms with Crippen LogP contribution in [0.25, 0.3) is 0 Å². The number of aliphatic hydroxyl groups is 1. The average Bonchev–Trinajstić information content (AvgIpc) is 2.63. The minimum absolute atomic E-state index is 0.128. The first-order chi connectivity index (χ1) is 12.5. The number of halogens is 2. The number of benzene rings is 2. The summed E-state index contributed by atoms with van der Waals surface area (Å²) in [6.07, 6.45) is 1.09. The van der Waals surface area contributed by atoms with Crippen LogP contribution in [0.15, 0.2) is 48.5 Å². The molecular formula is C20H22F2N2O2. The highest BCUT2D eigenvalue weighted by Crippen LogP contribution is 2.24. The molecule has 0 aromatic heterocycles. The fourth-order valence-corrected chi connectivity index (χ4v) is 3.21. The molecule has 26 heavy (non-hydrogen) atoms. The van der Waals surface area contributed by atoms with Crippen LogP contribution in [0.4, 0.5) is 8.78 Å². The van der Waals surface area contributed by atoms with Crippen LogP contribution >= 0.6 is 0 Å². The maximum Gasteiger partial charge on any atom is 0.256 e. The van der Waals surface area contributed by atoms with Crippen LogP contribution in [0.2, 0.25) is 0 Å². The Hall–Kier alpha value is -2.31. The molecule has 3 rings (SSSR count). The molecule has 1 heterocycles. The molecule has 2 N–H and O–H groups in total. The largest absolute Gasteiger partial charge is 0.379 e. The zero-order chi connectivity index (χ0) is 18.6. The fourth-order valence-electron chi connectivity index (χ4n) is 3.21. The molecule has 0 bridgehead atoms. The molecule has 1 fully saturated rings. The molecule has 0 aliphatic carbocycles. The Kier molecular flexibility index (Phi) is 5.64. The number of piperidine rings is 1. The summed E-state index contributed by atoms with van der Waals surface area (Å²) in [5, 5.41) is 13.9. The van der Waals surface area contributed by atoms with E-state index in [1.807, 2.05) is 0 Å². The molecule has 0 saturated carbocycles. The Morgan fingerprint density at radius 3 is 2.19 bits per heavy atom. The lowest BCUT2D eigenvalue weighted by Crippen LogP contribution is -2.57. The summed E-state index contributed by atoms with van der Waals surface area (Å²) in [6, 6.07) is 12.1. The molecule has 1 atom stereocenters. The highest BCUT2D eigenvalue weighted by Gasteiger charge is 2.41. The van der Waals surface area contributed by atoms with Crippen molar-refractivity contribution in [3.63, 3.8) is 0 Å². The van der Waals surface area contributed by atoms with Crippen LogP contribution in [0.3, 0.4) is 0 Å². The van der Waals surface area contributed by atoms with Crippen molar-refractivity contribution in [3.05, 3.63) is 71.3 Å². The number of amides is 1. The van der Waals surface area contributed by atoms with Crippen molar-refractivity contribution in [1.82, 2.24) is 10.2 Å². The van der Waals surface area contributed by atoms with Gasteiger partial charge in [0, 0.05) is 26.2 Å². The molecule has 4 nitrogen and oxygen atoms in total. The van der Waals surface area contributed by atoms with Crippen LogP contribution in [0.5, 0.6) is 0 Å². The van der Waals surface area contributed by atoms with E-state index in [0.717, 1.165) is 11.1 Å². The molecule has 2 aromatic carbocycles. The van der Waals surface area contributed by atoms with Crippen molar-refractivity contribution in [2.24, 2.45) is 0 Å². The van der Waals surface area contributed by atoms with Crippen molar-refractivity contribution in [1.29, 1.82) is 0 Å². The summed E-state index contributed by atoms with van der Waals surface area (Å²) in [4.78, 5) is 14.3. The second-order valence-electron chi connectivity index (χ2n) is 6.72. The van der Waals surface area contributed by atoms with Gasteiger partial charge in [0.2, 0.25) is 0 Å². The van der Waals surface area contributed by atoms with Gasteiger partial charge in [0.05, 0.1) is 0 Å². The van der Waals surface area contributed by atoms with E-state index in [-0.39, 0.29) is 24.1 Å². The second kappa shape index (κ2) is 7.93. The SMILES string of the molecule is O=C1N(Cc2ccc(F)cc2)CCC[C@@]1(O)CNCc1ccc(F)cc1. The first-order valence-corrected chi connectivity index (χ1v) is 8.68. The number of carbonyl (C=O) groups is 1. The van der Waals surface area contributed by atoms with Gasteiger partial charge in [-0.15, -0.1) is 0 Å². The van der Waals surface area contributed by atoms with E-state index in [1.165, 1.54) is 24.3 Å². The zero-order valence-corrected chi connectivity index (χ0v) is 14.4. The molecule has 2 aromatic rings. The lowest BCUT2D eigenvalue weighted by molar-refractivity contribution is -0.157. The van der Waals surface area contributed by atoms with Gasteiger partial charge < -0.3 is 15.3 Å². The van der Waals surface area contributed by atoms with E-state index in [0.29, 0.717) is 32.5 Å². The second-order valence-corrected chi connectivity index (χ2v) is 6.72. The standard InChI is InChI=1S/C20H22F2N2O2/c21-17-6-2-15(3-7-17)12-23-14-20(26)10-1-11-24(19(20)25)13-16-4-8-18(22)9-5-16/h2-9,23,26H,1,10-14H2/t20-/m1/s1. The molecule has 1 saturated heterocycles. The number of nitrogens with zero attached hydrogens (tertiary/aromatic N) is 1. The molecule has 6 heteroatoms. The number of carbonyl (C=O) groups excluding carboxylic acids is 1. The highest BCUT2D eigenvalue weighted by atomic mass is 19.1. The Bertz CT molecular complexity index is 749. The maximum absolute atomic E-state index is 13.0. The summed E-state index contributed by atoms with van der Waals surface area (Å²) in [6.45, 7) is 1.48. The number of rotatable bonds is 6. The zero-order valence-electron chi connectivity index (χ0n) is 14.4. The third kappa shape index (κ3) is 4.45. The van der Waals surface area contributed by atoms with Gasteiger partial charge in [0.25, 0.3) is 5.91 Å². The summed E-state index contributed by atoms with van der Waals surface area (Å²) < 4.78 is 25.9. The highest BCUT2D eigenvalue weighted by molar-refractivity contribution is 5.86. The lowest BCUT2D eigenvalue weighted by atomic mass is 9.91. The number of hydrogen-bond donors (Lipinski definition) is 2. The van der Waals surface area contributed by atoms with Gasteiger partial charge >= 0.3 is 0 Å². The predicted molar refractivity (Wildman–Crippen MR) is 94.1 cm³/mol. The van der Waals surface area contributed by atoms with Crippen molar-refractivity contribution in [2.75, 3.05) is 13.1 Å². The fraction of sp³-hybridized carbons (Fsp3) is 0.350. The number of likely N-dealkylation sites (tertiary alicyclic amines) is 1. The van der Waals surface area contributed by atoms with Gasteiger partial charge in [-0.05, 0) is 48.2 Å². The van der Waals surface area contributed by atoms with Gasteiger partial charge in [-0.25, -0.2) is 8.78 Å². The minimum atomic E-state index is -1.46. The van der Waals surface area contributed by atoms with E-state index < -0.39 is 5.60 Å². The van der Waals surface area contributed by atoms with Crippen molar-refractivity contribution in [3.8, 4) is 0 Å². The van der Waals surface area contributed by atoms with Gasteiger partial charge in [0.1, 0.15) is 11.6 Å². The van der Waals surface area contributed by atoms with Gasteiger partial charge in [0.15, 0.2) is 5.60 Å². The first kappa shape index (κ1) is 18.5. The summed E-state index contributed by atoms with van der Waals surface area (Å²) in [5.74, 6) is -0.939. The van der Waals surface area contributed by atoms with Crippen LogP contribution < -0.4 is 5.32 Å². The Balaban J connectivity index is 1.58. The van der Waals surface area contributed by atoms with Crippen LogP contribution in [-0.2, 0) is 17.9 Å². The van der Waals surface area contributed by atoms with E-state index in [4.69, 9.17) is 0 Å². The van der Waals surface area contributed by atoms with Gasteiger partial charge in [-0.3, -0.25) is 4.79 Å². The molecule has 0 spiro atoms. The van der Waals surface area contributed by atoms with E-state index in [1.54, 1.807) is 29.2 Å². The first-order valence-electron chi connectivity index (χ1n) is 8.68. The van der Waals surface area contributed by atoms with Crippen LogP contribution in [-0.4, -0.2) is 34.6 Å². The molecular weight excluding hydrogens is 338 g/mol. The van der Waals surface area contributed by atoms with Gasteiger partial charge in [-0.1, -0.05) is 24.3 Å². The van der Waals surface area contributed by atoms with E-state index in [2.05, 4.69) is 5.32 Å². The third-order valence-electron chi connectivity index (χ3n) is 4.65. The lowest BCUT2D eigenvalue weighted by Gasteiger charge is -2.38. The minimum Gasteiger partial charge on any atom is -0.379 e. The molecule has 0 radical (unpaired) electrons. The smallest absolute Gasteiger partial charge is 0.256 e. The summed E-state index contributed by atoms with van der Waals surface area (Å²) in [5.41, 5.74) is 0.239. The maximum atomic E-state index is 13.0. The predicted octanol–water partition coefficient (Wildman–Crippen LogP) is 2.61.